The summed E-state index contributed by atoms with van der Waals surface area (Å²) < 4.78 is 33.1. The van der Waals surface area contributed by atoms with Gasteiger partial charge in [0.1, 0.15) is 5.75 Å². The largest absolute Gasteiger partial charge is 0.482 e. The van der Waals surface area contributed by atoms with Crippen LogP contribution in [0.15, 0.2) is 71.6 Å². The van der Waals surface area contributed by atoms with Crippen molar-refractivity contribution in [1.29, 1.82) is 0 Å². The van der Waals surface area contributed by atoms with E-state index >= 15 is 0 Å². The Morgan fingerprint density at radius 1 is 0.879 bits per heavy atom. The Hall–Kier alpha value is -3.56. The number of rotatable bonds is 8. The van der Waals surface area contributed by atoms with E-state index in [0.717, 1.165) is 5.56 Å². The summed E-state index contributed by atoms with van der Waals surface area (Å²) >= 11 is 6.18. The summed E-state index contributed by atoms with van der Waals surface area (Å²) in [4.78, 5) is 23.2. The predicted octanol–water partition coefficient (Wildman–Crippen LogP) is 4.43. The van der Waals surface area contributed by atoms with Crippen molar-refractivity contribution in [3.8, 4) is 5.75 Å². The van der Waals surface area contributed by atoms with Crippen LogP contribution >= 0.6 is 11.6 Å². The molecule has 0 radical (unpaired) electrons. The lowest BCUT2D eigenvalue weighted by molar-refractivity contribution is -0.118. The number of carbonyl (C=O) groups excluding carboxylic acids is 2. The van der Waals surface area contributed by atoms with Gasteiger partial charge in [-0.05, 0) is 61.5 Å². The number of ether oxygens (including phenoxy) is 1. The molecule has 0 saturated heterocycles. The highest BCUT2D eigenvalue weighted by atomic mass is 35.5. The van der Waals surface area contributed by atoms with Gasteiger partial charge in [0, 0.05) is 24.0 Å². The number of nitrogens with one attached hydrogen (secondary N) is 3. The van der Waals surface area contributed by atoms with E-state index in [1.165, 1.54) is 25.1 Å². The maximum Gasteiger partial charge on any atom is 0.262 e. The summed E-state index contributed by atoms with van der Waals surface area (Å²) in [6.45, 7) is 2.97. The van der Waals surface area contributed by atoms with E-state index < -0.39 is 15.9 Å². The molecule has 0 bridgehead atoms. The van der Waals surface area contributed by atoms with Crippen molar-refractivity contribution in [2.45, 2.75) is 18.7 Å². The fourth-order valence-electron chi connectivity index (χ4n) is 2.78. The first-order valence-electron chi connectivity index (χ1n) is 9.82. The van der Waals surface area contributed by atoms with Crippen molar-refractivity contribution < 1.29 is 22.7 Å². The Balaban J connectivity index is 1.59. The molecule has 0 saturated carbocycles. The van der Waals surface area contributed by atoms with E-state index in [1.54, 1.807) is 48.5 Å². The average molecular weight is 488 g/mol. The summed E-state index contributed by atoms with van der Waals surface area (Å²) in [6, 6.07) is 17.5. The molecule has 0 aliphatic rings. The molecule has 0 fully saturated rings. The van der Waals surface area contributed by atoms with Crippen LogP contribution in [0.4, 0.5) is 17.1 Å². The molecule has 8 nitrogen and oxygen atoms in total. The number of carbonyl (C=O) groups is 2. The highest BCUT2D eigenvalue weighted by molar-refractivity contribution is 7.92. The summed E-state index contributed by atoms with van der Waals surface area (Å²) in [6.07, 6.45) is 0. The molecule has 10 heteroatoms. The summed E-state index contributed by atoms with van der Waals surface area (Å²) in [7, 11) is -3.84. The average Bonchev–Trinajstić information content (AvgIpc) is 2.75. The van der Waals surface area contributed by atoms with Crippen LogP contribution in [0.2, 0.25) is 5.02 Å². The lowest BCUT2D eigenvalue weighted by Gasteiger charge is -2.12. The van der Waals surface area contributed by atoms with Gasteiger partial charge in [-0.1, -0.05) is 29.3 Å². The number of hydrogen-bond acceptors (Lipinski definition) is 5. The standard InChI is InChI=1S/C23H22ClN3O5S/c1-15-3-5-19(6-4-15)27-33(30,31)20-11-12-22(21(24)13-20)32-14-23(29)26-18-9-7-17(8-10-18)25-16(2)28/h3-13,27H,14H2,1-2H3,(H,25,28)(H,26,29). The summed E-state index contributed by atoms with van der Waals surface area (Å²) in [5.74, 6) is -0.458. The molecule has 0 spiro atoms. The molecule has 0 aliphatic heterocycles. The van der Waals surface area contributed by atoms with Gasteiger partial charge in [0.15, 0.2) is 6.61 Å². The lowest BCUT2D eigenvalue weighted by atomic mass is 10.2. The second kappa shape index (κ2) is 10.4. The molecule has 3 aromatic carbocycles. The van der Waals surface area contributed by atoms with Crippen molar-refractivity contribution in [2.75, 3.05) is 22.0 Å². The third kappa shape index (κ3) is 6.96. The van der Waals surface area contributed by atoms with Crippen LogP contribution in [-0.4, -0.2) is 26.8 Å². The minimum atomic E-state index is -3.84. The van der Waals surface area contributed by atoms with E-state index in [4.69, 9.17) is 16.3 Å². The summed E-state index contributed by atoms with van der Waals surface area (Å²) in [5.41, 5.74) is 2.57. The quantitative estimate of drug-likeness (QED) is 0.435. The Morgan fingerprint density at radius 2 is 1.45 bits per heavy atom. The molecule has 0 atom stereocenters. The third-order valence-corrected chi connectivity index (χ3v) is 6.04. The Kier molecular flexibility index (Phi) is 7.57. The van der Waals surface area contributed by atoms with Gasteiger partial charge in [-0.2, -0.15) is 0 Å². The van der Waals surface area contributed by atoms with Gasteiger partial charge < -0.3 is 15.4 Å². The molecule has 3 rings (SSSR count). The maximum atomic E-state index is 12.6. The number of benzene rings is 3. The van der Waals surface area contributed by atoms with Gasteiger partial charge in [-0.3, -0.25) is 14.3 Å². The van der Waals surface area contributed by atoms with Crippen LogP contribution in [0.3, 0.4) is 0 Å². The first-order valence-corrected chi connectivity index (χ1v) is 11.7. The van der Waals surface area contributed by atoms with Crippen LogP contribution in [-0.2, 0) is 19.6 Å². The Labute approximate surface area is 197 Å². The predicted molar refractivity (Wildman–Crippen MR) is 128 cm³/mol. The van der Waals surface area contributed by atoms with Gasteiger partial charge in [0.05, 0.1) is 9.92 Å². The van der Waals surface area contributed by atoms with E-state index in [1.807, 2.05) is 6.92 Å². The van der Waals surface area contributed by atoms with E-state index in [2.05, 4.69) is 15.4 Å². The van der Waals surface area contributed by atoms with Gasteiger partial charge in [0.25, 0.3) is 15.9 Å². The van der Waals surface area contributed by atoms with Crippen molar-refractivity contribution in [1.82, 2.24) is 0 Å². The fourth-order valence-corrected chi connectivity index (χ4v) is 4.17. The lowest BCUT2D eigenvalue weighted by Crippen LogP contribution is -2.20. The smallest absolute Gasteiger partial charge is 0.262 e. The van der Waals surface area contributed by atoms with Crippen molar-refractivity contribution >= 4 is 50.5 Å². The minimum absolute atomic E-state index is 0.0378. The van der Waals surface area contributed by atoms with Gasteiger partial charge in [0.2, 0.25) is 5.91 Å². The van der Waals surface area contributed by atoms with Crippen LogP contribution in [0.25, 0.3) is 0 Å². The van der Waals surface area contributed by atoms with Crippen LogP contribution in [0.5, 0.6) is 5.75 Å². The molecule has 3 N–H and O–H groups in total. The zero-order valence-corrected chi connectivity index (χ0v) is 19.5. The van der Waals surface area contributed by atoms with E-state index in [0.29, 0.717) is 17.1 Å². The van der Waals surface area contributed by atoms with Crippen LogP contribution in [0, 0.1) is 6.92 Å². The number of sulfonamides is 1. The van der Waals surface area contributed by atoms with Gasteiger partial charge >= 0.3 is 0 Å². The highest BCUT2D eigenvalue weighted by Crippen LogP contribution is 2.28. The minimum Gasteiger partial charge on any atom is -0.482 e. The third-order valence-electron chi connectivity index (χ3n) is 4.37. The normalized spacial score (nSPS) is 10.9. The maximum absolute atomic E-state index is 12.6. The number of anilines is 3. The number of halogens is 1. The number of amides is 2. The first kappa shape index (κ1) is 24.1. The molecule has 3 aromatic rings. The van der Waals surface area contributed by atoms with Crippen molar-refractivity contribution in [3.63, 3.8) is 0 Å². The molecule has 33 heavy (non-hydrogen) atoms. The van der Waals surface area contributed by atoms with Crippen molar-refractivity contribution in [2.24, 2.45) is 0 Å². The second-order valence-corrected chi connectivity index (χ2v) is 9.25. The second-order valence-electron chi connectivity index (χ2n) is 7.16. The number of hydrogen-bond donors (Lipinski definition) is 3. The van der Waals surface area contributed by atoms with Crippen molar-refractivity contribution in [3.05, 3.63) is 77.3 Å². The summed E-state index contributed by atoms with van der Waals surface area (Å²) in [5, 5.41) is 5.33. The molecule has 0 aliphatic carbocycles. The van der Waals surface area contributed by atoms with Gasteiger partial charge in [-0.15, -0.1) is 0 Å². The monoisotopic (exact) mass is 487 g/mol. The van der Waals surface area contributed by atoms with E-state index in [-0.39, 0.29) is 28.2 Å². The molecule has 172 valence electrons. The Morgan fingerprint density at radius 3 is 2.03 bits per heavy atom. The zero-order chi connectivity index (χ0) is 24.0. The molecule has 2 amide bonds. The first-order chi connectivity index (χ1) is 15.6. The molecule has 0 heterocycles. The van der Waals surface area contributed by atoms with E-state index in [9.17, 15) is 18.0 Å². The fraction of sp³-hybridized carbons (Fsp3) is 0.130. The zero-order valence-electron chi connectivity index (χ0n) is 17.9. The molecular weight excluding hydrogens is 466 g/mol. The number of aryl methyl sites for hydroxylation is 1. The topological polar surface area (TPSA) is 114 Å². The van der Waals surface area contributed by atoms with Crippen LogP contribution in [0.1, 0.15) is 12.5 Å². The molecule has 0 unspecified atom stereocenters. The highest BCUT2D eigenvalue weighted by Gasteiger charge is 2.17. The molecule has 0 aromatic heterocycles. The SMILES string of the molecule is CC(=O)Nc1ccc(NC(=O)COc2ccc(S(=O)(=O)Nc3ccc(C)cc3)cc2Cl)cc1. The Bertz CT molecular complexity index is 1260. The van der Waals surface area contributed by atoms with Crippen LogP contribution < -0.4 is 20.1 Å². The molecular formula is C23H22ClN3O5S. The van der Waals surface area contributed by atoms with Gasteiger partial charge in [-0.25, -0.2) is 8.42 Å².